The Balaban J connectivity index is 1.53. The quantitative estimate of drug-likeness (QED) is 0.357. The standard InChI is InChI=1S/C23H19F2N3O3S/c24-23(25)31-16-9-7-15(8-10-16)27-21(29)19(28-22(30)20-6-3-11-32-20)12-14-13-26-18-5-2-1-4-17(14)18/h1-11,13,19,23,26H,12H2,(H,27,29)(H,28,30)/t19-/m0/s1. The first-order valence-electron chi connectivity index (χ1n) is 9.74. The van der Waals surface area contributed by atoms with E-state index in [0.717, 1.165) is 16.5 Å². The van der Waals surface area contributed by atoms with Gasteiger partial charge in [-0.2, -0.15) is 8.78 Å². The maximum atomic E-state index is 13.1. The highest BCUT2D eigenvalue weighted by atomic mass is 32.1. The summed E-state index contributed by atoms with van der Waals surface area (Å²) in [6.45, 7) is -2.93. The highest BCUT2D eigenvalue weighted by Gasteiger charge is 2.24. The molecular weight excluding hydrogens is 436 g/mol. The van der Waals surface area contributed by atoms with E-state index in [1.807, 2.05) is 30.5 Å². The molecular formula is C23H19F2N3O3S. The number of aromatic nitrogens is 1. The molecule has 164 valence electrons. The maximum absolute atomic E-state index is 13.1. The van der Waals surface area contributed by atoms with Crippen molar-refractivity contribution < 1.29 is 23.1 Å². The number of amides is 2. The number of para-hydroxylation sites is 1. The number of nitrogens with one attached hydrogen (secondary N) is 3. The number of fused-ring (bicyclic) bond motifs is 1. The molecule has 6 nitrogen and oxygen atoms in total. The number of aromatic amines is 1. The lowest BCUT2D eigenvalue weighted by Crippen LogP contribution is -2.45. The molecule has 9 heteroatoms. The molecule has 0 aliphatic carbocycles. The van der Waals surface area contributed by atoms with Crippen LogP contribution in [0, 0.1) is 0 Å². The van der Waals surface area contributed by atoms with E-state index in [-0.39, 0.29) is 18.1 Å². The third-order valence-electron chi connectivity index (χ3n) is 4.81. The largest absolute Gasteiger partial charge is 0.435 e. The van der Waals surface area contributed by atoms with E-state index in [0.29, 0.717) is 10.6 Å². The van der Waals surface area contributed by atoms with Gasteiger partial charge in [0, 0.05) is 29.2 Å². The number of benzene rings is 2. The van der Waals surface area contributed by atoms with Crippen LogP contribution in [0.3, 0.4) is 0 Å². The predicted molar refractivity (Wildman–Crippen MR) is 119 cm³/mol. The van der Waals surface area contributed by atoms with Gasteiger partial charge in [-0.05, 0) is 47.3 Å². The maximum Gasteiger partial charge on any atom is 0.387 e. The summed E-state index contributed by atoms with van der Waals surface area (Å²) in [6.07, 6.45) is 2.08. The predicted octanol–water partition coefficient (Wildman–Crippen LogP) is 4.81. The van der Waals surface area contributed by atoms with Gasteiger partial charge in [-0.25, -0.2) is 0 Å². The number of H-pyrrole nitrogens is 1. The normalized spacial score (nSPS) is 12.0. The van der Waals surface area contributed by atoms with E-state index < -0.39 is 18.6 Å². The average molecular weight is 455 g/mol. The van der Waals surface area contributed by atoms with Crippen molar-refractivity contribution in [1.82, 2.24) is 10.3 Å². The summed E-state index contributed by atoms with van der Waals surface area (Å²) in [4.78, 5) is 29.4. The lowest BCUT2D eigenvalue weighted by Gasteiger charge is -2.18. The van der Waals surface area contributed by atoms with Gasteiger partial charge in [-0.15, -0.1) is 11.3 Å². The van der Waals surface area contributed by atoms with Gasteiger partial charge in [-0.3, -0.25) is 9.59 Å². The zero-order chi connectivity index (χ0) is 22.5. The number of carbonyl (C=O) groups excluding carboxylic acids is 2. The molecule has 2 aromatic heterocycles. The summed E-state index contributed by atoms with van der Waals surface area (Å²) in [5, 5.41) is 8.28. The molecule has 4 aromatic rings. The first kappa shape index (κ1) is 21.5. The molecule has 0 bridgehead atoms. The fraction of sp³-hybridized carbons (Fsp3) is 0.130. The Morgan fingerprint density at radius 2 is 1.81 bits per heavy atom. The van der Waals surface area contributed by atoms with Crippen LogP contribution >= 0.6 is 11.3 Å². The van der Waals surface area contributed by atoms with Crippen LogP contribution in [0.2, 0.25) is 0 Å². The summed E-state index contributed by atoms with van der Waals surface area (Å²) in [5.41, 5.74) is 2.21. The molecule has 4 rings (SSSR count). The van der Waals surface area contributed by atoms with Crippen molar-refractivity contribution in [3.8, 4) is 5.75 Å². The minimum atomic E-state index is -2.93. The van der Waals surface area contributed by atoms with E-state index in [2.05, 4.69) is 20.4 Å². The van der Waals surface area contributed by atoms with E-state index in [1.54, 1.807) is 17.5 Å². The van der Waals surface area contributed by atoms with Gasteiger partial charge in [0.15, 0.2) is 0 Å². The van der Waals surface area contributed by atoms with Gasteiger partial charge in [0.1, 0.15) is 11.8 Å². The van der Waals surface area contributed by atoms with Crippen LogP contribution < -0.4 is 15.4 Å². The zero-order valence-electron chi connectivity index (χ0n) is 16.7. The summed E-state index contributed by atoms with van der Waals surface area (Å²) < 4.78 is 29.0. The second-order valence-corrected chi connectivity index (χ2v) is 7.91. The van der Waals surface area contributed by atoms with Gasteiger partial charge in [-0.1, -0.05) is 24.3 Å². The number of hydrogen-bond acceptors (Lipinski definition) is 4. The molecule has 2 heterocycles. The Bertz CT molecular complexity index is 1210. The number of hydrogen-bond donors (Lipinski definition) is 3. The number of anilines is 1. The lowest BCUT2D eigenvalue weighted by molar-refractivity contribution is -0.118. The van der Waals surface area contributed by atoms with Crippen molar-refractivity contribution in [3.63, 3.8) is 0 Å². The second-order valence-electron chi connectivity index (χ2n) is 6.96. The van der Waals surface area contributed by atoms with Gasteiger partial charge in [0.2, 0.25) is 5.91 Å². The molecule has 32 heavy (non-hydrogen) atoms. The van der Waals surface area contributed by atoms with Crippen LogP contribution in [0.25, 0.3) is 10.9 Å². The van der Waals surface area contributed by atoms with Crippen molar-refractivity contribution >= 4 is 39.7 Å². The van der Waals surface area contributed by atoms with Crippen molar-refractivity contribution in [2.24, 2.45) is 0 Å². The summed E-state index contributed by atoms with van der Waals surface area (Å²) in [7, 11) is 0. The summed E-state index contributed by atoms with van der Waals surface area (Å²) in [6, 6.07) is 15.9. The Kier molecular flexibility index (Phi) is 6.46. The Morgan fingerprint density at radius 3 is 2.53 bits per heavy atom. The Hall–Kier alpha value is -3.72. The van der Waals surface area contributed by atoms with Crippen LogP contribution in [0.15, 0.2) is 72.2 Å². The minimum Gasteiger partial charge on any atom is -0.435 e. The first-order valence-corrected chi connectivity index (χ1v) is 10.6. The lowest BCUT2D eigenvalue weighted by atomic mass is 10.0. The molecule has 0 spiro atoms. The van der Waals surface area contributed by atoms with Crippen LogP contribution in [-0.2, 0) is 11.2 Å². The van der Waals surface area contributed by atoms with E-state index in [9.17, 15) is 18.4 Å². The van der Waals surface area contributed by atoms with Crippen molar-refractivity contribution in [3.05, 3.63) is 82.7 Å². The molecule has 0 radical (unpaired) electrons. The van der Waals surface area contributed by atoms with Crippen molar-refractivity contribution in [1.29, 1.82) is 0 Å². The summed E-state index contributed by atoms with van der Waals surface area (Å²) >= 11 is 1.28. The van der Waals surface area contributed by atoms with Crippen molar-refractivity contribution in [2.75, 3.05) is 5.32 Å². The molecule has 1 atom stereocenters. The van der Waals surface area contributed by atoms with Crippen LogP contribution in [-0.4, -0.2) is 29.5 Å². The SMILES string of the molecule is O=C(N[C@@H](Cc1c[nH]c2ccccc12)C(=O)Nc1ccc(OC(F)F)cc1)c1cccs1. The fourth-order valence-corrected chi connectivity index (χ4v) is 3.94. The van der Waals surface area contributed by atoms with Crippen LogP contribution in [0.5, 0.6) is 5.75 Å². The van der Waals surface area contributed by atoms with Gasteiger partial charge < -0.3 is 20.4 Å². The first-order chi connectivity index (χ1) is 15.5. The molecule has 0 saturated heterocycles. The fourth-order valence-electron chi connectivity index (χ4n) is 3.32. The Morgan fingerprint density at radius 1 is 1.03 bits per heavy atom. The van der Waals surface area contributed by atoms with E-state index in [4.69, 9.17) is 0 Å². The topological polar surface area (TPSA) is 83.2 Å². The average Bonchev–Trinajstić information content (AvgIpc) is 3.45. The molecule has 0 fully saturated rings. The number of carbonyl (C=O) groups is 2. The number of rotatable bonds is 8. The molecule has 0 aliphatic rings. The van der Waals surface area contributed by atoms with Gasteiger partial charge >= 0.3 is 6.61 Å². The summed E-state index contributed by atoms with van der Waals surface area (Å²) in [5.74, 6) is -0.789. The third-order valence-corrected chi connectivity index (χ3v) is 5.68. The number of ether oxygens (including phenoxy) is 1. The monoisotopic (exact) mass is 455 g/mol. The van der Waals surface area contributed by atoms with Gasteiger partial charge in [0.05, 0.1) is 4.88 Å². The molecule has 0 unspecified atom stereocenters. The third kappa shape index (κ3) is 5.12. The van der Waals surface area contributed by atoms with E-state index in [1.165, 1.54) is 35.6 Å². The number of halogens is 2. The van der Waals surface area contributed by atoms with Crippen LogP contribution in [0.1, 0.15) is 15.2 Å². The molecule has 0 aliphatic heterocycles. The second kappa shape index (κ2) is 9.61. The smallest absolute Gasteiger partial charge is 0.387 e. The van der Waals surface area contributed by atoms with Crippen LogP contribution in [0.4, 0.5) is 14.5 Å². The van der Waals surface area contributed by atoms with Gasteiger partial charge in [0.25, 0.3) is 5.91 Å². The molecule has 0 saturated carbocycles. The molecule has 2 amide bonds. The number of thiophene rings is 1. The van der Waals surface area contributed by atoms with E-state index >= 15 is 0 Å². The zero-order valence-corrected chi connectivity index (χ0v) is 17.5. The highest BCUT2D eigenvalue weighted by Crippen LogP contribution is 2.21. The number of alkyl halides is 2. The van der Waals surface area contributed by atoms with Crippen molar-refractivity contribution in [2.45, 2.75) is 19.1 Å². The molecule has 3 N–H and O–H groups in total. The highest BCUT2D eigenvalue weighted by molar-refractivity contribution is 7.12. The Labute approximate surface area is 186 Å². The minimum absolute atomic E-state index is 0.0145. The molecule has 2 aromatic carbocycles.